The van der Waals surface area contributed by atoms with Crippen LogP contribution in [0.15, 0.2) is 47.4 Å². The molecule has 0 aliphatic carbocycles. The van der Waals surface area contributed by atoms with Gasteiger partial charge >= 0.3 is 17.1 Å². The van der Waals surface area contributed by atoms with Crippen molar-refractivity contribution in [3.63, 3.8) is 0 Å². The maximum atomic E-state index is 12.5. The number of aromatic amines is 3. The molecule has 270 valence electrons. The molecule has 4 aromatic heterocycles. The van der Waals surface area contributed by atoms with Crippen molar-refractivity contribution in [2.24, 2.45) is 0 Å². The lowest BCUT2D eigenvalue weighted by Gasteiger charge is -2.13. The topological polar surface area (TPSA) is 327 Å². The Labute approximate surface area is 283 Å². The van der Waals surface area contributed by atoms with E-state index in [0.29, 0.717) is 0 Å². The Balaban J connectivity index is 1.40. The minimum Gasteiger partial charge on any atom is -0.300 e. The summed E-state index contributed by atoms with van der Waals surface area (Å²) in [6.07, 6.45) is 3.32. The predicted octanol–water partition coefficient (Wildman–Crippen LogP) is -4.05. The average Bonchev–Trinajstić information content (AvgIpc) is 3.08. The Bertz CT molecular complexity index is 2050. The molecular formula is C27H33N15O9. The Kier molecular flexibility index (Phi) is 11.7. The fourth-order valence-electron chi connectivity index (χ4n) is 4.13. The Morgan fingerprint density at radius 3 is 1.02 bits per heavy atom. The summed E-state index contributed by atoms with van der Waals surface area (Å²) >= 11 is 0. The molecule has 0 aliphatic heterocycles. The first-order valence-corrected chi connectivity index (χ1v) is 15.0. The van der Waals surface area contributed by atoms with Gasteiger partial charge < -0.3 is 0 Å². The largest absolute Gasteiger partial charge is 0.328 e. The molecule has 24 heteroatoms. The molecule has 0 bridgehead atoms. The number of rotatable bonds is 15. The van der Waals surface area contributed by atoms with Crippen molar-refractivity contribution in [3.05, 3.63) is 97.8 Å². The minimum absolute atomic E-state index is 0.0750. The van der Waals surface area contributed by atoms with Gasteiger partial charge in [-0.3, -0.25) is 90.0 Å². The Morgan fingerprint density at radius 2 is 0.765 bits per heavy atom. The number of aryl methyl sites for hydroxylation is 6. The van der Waals surface area contributed by atoms with Crippen LogP contribution in [0.1, 0.15) is 36.0 Å². The summed E-state index contributed by atoms with van der Waals surface area (Å²) in [6, 6.07) is 0. The fourth-order valence-corrected chi connectivity index (χ4v) is 4.13. The van der Waals surface area contributed by atoms with Gasteiger partial charge in [0.2, 0.25) is 35.6 Å². The van der Waals surface area contributed by atoms with E-state index in [0.717, 1.165) is 13.7 Å². The van der Waals surface area contributed by atoms with E-state index in [9.17, 15) is 43.2 Å². The van der Waals surface area contributed by atoms with E-state index >= 15 is 0 Å². The van der Waals surface area contributed by atoms with Crippen molar-refractivity contribution in [2.75, 3.05) is 16.3 Å². The lowest BCUT2D eigenvalue weighted by molar-refractivity contribution is -0.121. The number of hydrogen-bond donors (Lipinski definition) is 9. The number of anilines is 3. The van der Waals surface area contributed by atoms with Crippen LogP contribution in [0.25, 0.3) is 0 Å². The number of nitrogens with one attached hydrogen (secondary N) is 9. The number of hydrogen-bond acceptors (Lipinski definition) is 15. The number of carbonyl (C=O) groups is 3. The van der Waals surface area contributed by atoms with Crippen molar-refractivity contribution in [1.82, 2.24) is 59.9 Å². The van der Waals surface area contributed by atoms with Crippen LogP contribution in [0.4, 0.5) is 17.8 Å². The summed E-state index contributed by atoms with van der Waals surface area (Å²) in [6.45, 7) is 4.28. The Hall–Kier alpha value is -7.14. The van der Waals surface area contributed by atoms with E-state index < -0.39 is 51.5 Å². The van der Waals surface area contributed by atoms with E-state index in [1.165, 1.54) is 39.4 Å². The van der Waals surface area contributed by atoms with Gasteiger partial charge in [0, 0.05) is 74.2 Å². The van der Waals surface area contributed by atoms with Crippen molar-refractivity contribution in [3.8, 4) is 0 Å². The molecule has 51 heavy (non-hydrogen) atoms. The van der Waals surface area contributed by atoms with Gasteiger partial charge in [0.05, 0.1) is 0 Å². The maximum Gasteiger partial charge on any atom is 0.328 e. The van der Waals surface area contributed by atoms with Gasteiger partial charge in [0.15, 0.2) is 0 Å². The van der Waals surface area contributed by atoms with Crippen LogP contribution in [-0.4, -0.2) is 61.3 Å². The zero-order chi connectivity index (χ0) is 37.2. The molecule has 3 amide bonds. The van der Waals surface area contributed by atoms with Crippen molar-refractivity contribution >= 4 is 35.6 Å². The van der Waals surface area contributed by atoms with E-state index in [-0.39, 0.29) is 73.4 Å². The Morgan fingerprint density at radius 1 is 0.510 bits per heavy atom. The molecule has 4 rings (SSSR count). The predicted molar refractivity (Wildman–Crippen MR) is 177 cm³/mol. The number of H-pyrrole nitrogens is 3. The van der Waals surface area contributed by atoms with Crippen LogP contribution in [0.2, 0.25) is 0 Å². The average molecular weight is 712 g/mol. The summed E-state index contributed by atoms with van der Waals surface area (Å²) < 4.78 is 3.45. The second-order valence-electron chi connectivity index (χ2n) is 10.9. The highest BCUT2D eigenvalue weighted by Crippen LogP contribution is 2.08. The molecule has 0 saturated heterocycles. The summed E-state index contributed by atoms with van der Waals surface area (Å²) in [7, 11) is 0. The second-order valence-corrected chi connectivity index (χ2v) is 10.9. The number of hydrazine groups is 3. The quantitative estimate of drug-likeness (QED) is 0.0530. The fraction of sp³-hybridized carbons (Fsp3) is 0.333. The highest BCUT2D eigenvalue weighted by molar-refractivity contribution is 5.78. The smallest absolute Gasteiger partial charge is 0.300 e. The third kappa shape index (κ3) is 10.4. The van der Waals surface area contributed by atoms with Gasteiger partial charge in [0.1, 0.15) is 0 Å². The second kappa shape index (κ2) is 16.3. The van der Waals surface area contributed by atoms with Crippen molar-refractivity contribution in [2.45, 2.75) is 59.7 Å². The minimum atomic E-state index is -0.693. The molecule has 0 radical (unpaired) electrons. The lowest BCUT2D eigenvalue weighted by Crippen LogP contribution is -2.36. The van der Waals surface area contributed by atoms with Crippen LogP contribution in [-0.2, 0) is 34.0 Å². The number of carbonyl (C=O) groups excluding carboxylic acids is 3. The molecular weight excluding hydrogens is 678 g/mol. The summed E-state index contributed by atoms with van der Waals surface area (Å²) in [5.41, 5.74) is 11.5. The molecule has 9 N–H and O–H groups in total. The first kappa shape index (κ1) is 36.7. The van der Waals surface area contributed by atoms with Gasteiger partial charge in [-0.05, 0) is 20.8 Å². The maximum absolute atomic E-state index is 12.5. The van der Waals surface area contributed by atoms with Gasteiger partial charge in [-0.25, -0.2) is 14.4 Å². The normalized spacial score (nSPS) is 10.6. The van der Waals surface area contributed by atoms with Gasteiger partial charge in [0.25, 0.3) is 16.7 Å². The molecule has 0 saturated carbocycles. The molecule has 0 unspecified atom stereocenters. The van der Waals surface area contributed by atoms with Crippen LogP contribution in [0.5, 0.6) is 0 Å². The van der Waals surface area contributed by atoms with Crippen LogP contribution < -0.4 is 66.3 Å². The molecule has 0 fully saturated rings. The molecule has 24 nitrogen and oxygen atoms in total. The van der Waals surface area contributed by atoms with E-state index in [2.05, 4.69) is 62.5 Å². The zero-order valence-electron chi connectivity index (χ0n) is 27.3. The van der Waals surface area contributed by atoms with E-state index in [1.54, 1.807) is 0 Å². The number of aromatic nitrogens is 9. The van der Waals surface area contributed by atoms with Crippen molar-refractivity contribution in [1.29, 1.82) is 0 Å². The first-order valence-electron chi connectivity index (χ1n) is 15.0. The van der Waals surface area contributed by atoms with Gasteiger partial charge in [-0.2, -0.15) is 15.0 Å². The summed E-state index contributed by atoms with van der Waals surface area (Å²) in [5.74, 6) is -2.69. The van der Waals surface area contributed by atoms with E-state index in [4.69, 9.17) is 0 Å². The highest BCUT2D eigenvalue weighted by Gasteiger charge is 2.12. The van der Waals surface area contributed by atoms with Crippen molar-refractivity contribution < 1.29 is 14.4 Å². The summed E-state index contributed by atoms with van der Waals surface area (Å²) in [5, 5.41) is 0. The zero-order valence-corrected chi connectivity index (χ0v) is 27.3. The van der Waals surface area contributed by atoms with Crippen LogP contribution in [0.3, 0.4) is 0 Å². The highest BCUT2D eigenvalue weighted by atomic mass is 16.2. The molecule has 4 aromatic rings. The molecule has 0 spiro atoms. The number of amides is 3. The number of nitrogens with zero attached hydrogens (tertiary/aromatic N) is 6. The monoisotopic (exact) mass is 711 g/mol. The molecule has 0 aromatic carbocycles. The van der Waals surface area contributed by atoms with Gasteiger partial charge in [-0.15, -0.1) is 0 Å². The van der Waals surface area contributed by atoms with Gasteiger partial charge in [-0.1, -0.05) is 0 Å². The standard InChI is InChI=1S/C27H33N15O9/c1-13-10-40(25(49)28-19(13)46)7-4-16(43)34-37-22-31-23(38-35-17(44)5-8-41-11-14(2)20(47)29-26(41)50)33-24(32-22)39-36-18(45)6-9-42-12-15(3)21(48)30-27(42)51/h10-12H,4-9H2,1-3H3,(H,34,43)(H,35,44)(H,36,45)(H,28,46,49)(H,29,47,50)(H,30,48,51)(H3,31,32,33,37,38,39). The van der Waals surface area contributed by atoms with E-state index in [1.807, 2.05) is 0 Å². The molecule has 4 heterocycles. The SMILES string of the molecule is Cc1cn(CCC(=O)NNc2nc(NNC(=O)CCn3cc(C)c(=O)[nH]c3=O)nc(NNC(=O)CCn3cc(C)c(=O)[nH]c3=O)n2)c(=O)[nH]c1=O. The molecule has 0 atom stereocenters. The lowest BCUT2D eigenvalue weighted by atomic mass is 10.3. The first-order chi connectivity index (χ1) is 24.2. The van der Waals surface area contributed by atoms with Crippen LogP contribution in [0, 0.1) is 20.8 Å². The summed E-state index contributed by atoms with van der Waals surface area (Å²) in [4.78, 5) is 127. The van der Waals surface area contributed by atoms with Crippen LogP contribution >= 0.6 is 0 Å². The third-order valence-electron chi connectivity index (χ3n) is 6.88. The third-order valence-corrected chi connectivity index (χ3v) is 6.88. The molecule has 0 aliphatic rings.